The molecule has 19 heavy (non-hydrogen) atoms. The highest BCUT2D eigenvalue weighted by Gasteiger charge is 2.08. The number of nitrogen functional groups attached to an aromatic ring is 2. The molecule has 0 fully saturated rings. The van der Waals surface area contributed by atoms with Crippen molar-refractivity contribution in [2.24, 2.45) is 5.84 Å². The molecule has 0 saturated carbocycles. The summed E-state index contributed by atoms with van der Waals surface area (Å²) in [4.78, 5) is 9.98. The Hall–Kier alpha value is -2.54. The second kappa shape index (κ2) is 5.40. The summed E-state index contributed by atoms with van der Waals surface area (Å²) in [5.74, 6) is 7.39. The molecule has 0 aliphatic rings. The van der Waals surface area contributed by atoms with Crippen LogP contribution in [0, 0.1) is 0 Å². The molecule has 0 atom stereocenters. The average Bonchev–Trinajstić information content (AvgIpc) is 2.46. The Balaban J connectivity index is 2.31. The van der Waals surface area contributed by atoms with E-state index in [0.717, 1.165) is 11.4 Å². The number of hydrogen-bond acceptors (Lipinski definition) is 7. The lowest BCUT2D eigenvalue weighted by Gasteiger charge is -2.19. The van der Waals surface area contributed by atoms with E-state index in [9.17, 15) is 0 Å². The van der Waals surface area contributed by atoms with Gasteiger partial charge >= 0.3 is 0 Å². The Morgan fingerprint density at radius 3 is 2.47 bits per heavy atom. The fourth-order valence-electron chi connectivity index (χ4n) is 1.64. The van der Waals surface area contributed by atoms with Gasteiger partial charge in [-0.05, 0) is 24.3 Å². The molecule has 0 aliphatic carbocycles. The number of nitrogens with two attached hydrogens (primary N) is 2. The normalized spacial score (nSPS) is 10.1. The molecule has 1 aromatic carbocycles. The topological polar surface area (TPSA) is 102 Å². The van der Waals surface area contributed by atoms with Crippen LogP contribution < -0.4 is 26.6 Å². The molecule has 0 aliphatic heterocycles. The van der Waals surface area contributed by atoms with E-state index in [0.29, 0.717) is 11.6 Å². The largest absolute Gasteiger partial charge is 0.497 e. The zero-order valence-electron chi connectivity index (χ0n) is 10.8. The number of benzene rings is 1. The van der Waals surface area contributed by atoms with Gasteiger partial charge in [0.1, 0.15) is 17.4 Å². The maximum atomic E-state index is 5.63. The van der Waals surface area contributed by atoms with Crippen molar-refractivity contribution in [1.82, 2.24) is 9.97 Å². The van der Waals surface area contributed by atoms with Crippen molar-refractivity contribution in [2.75, 3.05) is 30.2 Å². The van der Waals surface area contributed by atoms with Crippen LogP contribution in [-0.2, 0) is 0 Å². The predicted octanol–water partition coefficient (Wildman–Crippen LogP) is 1.12. The lowest BCUT2D eigenvalue weighted by molar-refractivity contribution is 0.415. The Morgan fingerprint density at radius 1 is 1.21 bits per heavy atom. The summed E-state index contributed by atoms with van der Waals surface area (Å²) in [7, 11) is 3.51. The fourth-order valence-corrected chi connectivity index (χ4v) is 1.64. The van der Waals surface area contributed by atoms with Crippen molar-refractivity contribution >= 4 is 23.3 Å². The minimum absolute atomic E-state index is 0.158. The van der Waals surface area contributed by atoms with Gasteiger partial charge in [0.25, 0.3) is 0 Å². The first kappa shape index (κ1) is 12.9. The SMILES string of the molecule is COc1ccc(N(C)c2cc(NN)nc(N)n2)cc1. The van der Waals surface area contributed by atoms with Crippen molar-refractivity contribution in [3.05, 3.63) is 30.3 Å². The number of nitrogens with one attached hydrogen (secondary N) is 1. The van der Waals surface area contributed by atoms with Crippen LogP contribution in [0.15, 0.2) is 30.3 Å². The van der Waals surface area contributed by atoms with Gasteiger partial charge in [-0.1, -0.05) is 0 Å². The van der Waals surface area contributed by atoms with Crippen LogP contribution in [0.2, 0.25) is 0 Å². The second-order valence-corrected chi connectivity index (χ2v) is 3.87. The van der Waals surface area contributed by atoms with E-state index in [4.69, 9.17) is 16.3 Å². The number of hydrazine groups is 1. The van der Waals surface area contributed by atoms with E-state index in [-0.39, 0.29) is 5.95 Å². The molecule has 7 nitrogen and oxygen atoms in total. The van der Waals surface area contributed by atoms with Gasteiger partial charge in [-0.2, -0.15) is 9.97 Å². The number of aromatic nitrogens is 2. The highest BCUT2D eigenvalue weighted by atomic mass is 16.5. The van der Waals surface area contributed by atoms with Crippen LogP contribution in [0.3, 0.4) is 0 Å². The summed E-state index contributed by atoms with van der Waals surface area (Å²) in [5.41, 5.74) is 9.03. The first-order chi connectivity index (χ1) is 9.13. The van der Waals surface area contributed by atoms with Crippen LogP contribution in [-0.4, -0.2) is 24.1 Å². The lowest BCUT2D eigenvalue weighted by atomic mass is 10.3. The van der Waals surface area contributed by atoms with Crippen molar-refractivity contribution in [3.63, 3.8) is 0 Å². The summed E-state index contributed by atoms with van der Waals surface area (Å²) in [6.45, 7) is 0. The number of hydrogen-bond donors (Lipinski definition) is 3. The van der Waals surface area contributed by atoms with E-state index >= 15 is 0 Å². The lowest BCUT2D eigenvalue weighted by Crippen LogP contribution is -2.15. The zero-order chi connectivity index (χ0) is 13.8. The first-order valence-corrected chi connectivity index (χ1v) is 5.63. The van der Waals surface area contributed by atoms with Crippen LogP contribution in [0.4, 0.5) is 23.3 Å². The first-order valence-electron chi connectivity index (χ1n) is 5.63. The molecule has 5 N–H and O–H groups in total. The molecule has 2 aromatic rings. The molecule has 0 radical (unpaired) electrons. The average molecular weight is 260 g/mol. The van der Waals surface area contributed by atoms with Gasteiger partial charge in [0, 0.05) is 18.8 Å². The Labute approximate surface area is 111 Å². The Bertz CT molecular complexity index is 557. The van der Waals surface area contributed by atoms with E-state index < -0.39 is 0 Å². The molecule has 0 saturated heterocycles. The molecule has 0 spiro atoms. The summed E-state index contributed by atoms with van der Waals surface area (Å²) < 4.78 is 5.12. The van der Waals surface area contributed by atoms with Gasteiger partial charge in [0.15, 0.2) is 0 Å². The third kappa shape index (κ3) is 2.83. The molecule has 0 unspecified atom stereocenters. The minimum Gasteiger partial charge on any atom is -0.497 e. The van der Waals surface area contributed by atoms with Crippen molar-refractivity contribution < 1.29 is 4.74 Å². The van der Waals surface area contributed by atoms with E-state index in [2.05, 4.69) is 15.4 Å². The maximum Gasteiger partial charge on any atom is 0.224 e. The Kier molecular flexibility index (Phi) is 3.67. The van der Waals surface area contributed by atoms with Crippen molar-refractivity contribution in [1.29, 1.82) is 0 Å². The third-order valence-corrected chi connectivity index (χ3v) is 2.68. The Morgan fingerprint density at radius 2 is 1.89 bits per heavy atom. The van der Waals surface area contributed by atoms with Crippen LogP contribution >= 0.6 is 0 Å². The predicted molar refractivity (Wildman–Crippen MR) is 75.3 cm³/mol. The highest BCUT2D eigenvalue weighted by molar-refractivity contribution is 5.63. The minimum atomic E-state index is 0.158. The molecule has 1 aromatic heterocycles. The van der Waals surface area contributed by atoms with Crippen molar-refractivity contribution in [3.8, 4) is 5.75 Å². The molecule has 100 valence electrons. The quantitative estimate of drug-likeness (QED) is 0.559. The van der Waals surface area contributed by atoms with Gasteiger partial charge in [0.2, 0.25) is 5.95 Å². The van der Waals surface area contributed by atoms with Gasteiger partial charge < -0.3 is 20.8 Å². The van der Waals surface area contributed by atoms with Gasteiger partial charge in [-0.25, -0.2) is 5.84 Å². The smallest absolute Gasteiger partial charge is 0.224 e. The van der Waals surface area contributed by atoms with Crippen molar-refractivity contribution in [2.45, 2.75) is 0 Å². The molecule has 0 bridgehead atoms. The highest BCUT2D eigenvalue weighted by Crippen LogP contribution is 2.25. The molecule has 0 amide bonds. The van der Waals surface area contributed by atoms with Gasteiger partial charge in [0.05, 0.1) is 7.11 Å². The van der Waals surface area contributed by atoms with Gasteiger partial charge in [-0.15, -0.1) is 0 Å². The monoisotopic (exact) mass is 260 g/mol. The second-order valence-electron chi connectivity index (χ2n) is 3.87. The van der Waals surface area contributed by atoms with Crippen LogP contribution in [0.25, 0.3) is 0 Å². The summed E-state index contributed by atoms with van der Waals surface area (Å²) in [5, 5.41) is 0. The number of methoxy groups -OCH3 is 1. The number of anilines is 4. The van der Waals surface area contributed by atoms with Crippen LogP contribution in [0.5, 0.6) is 5.75 Å². The van der Waals surface area contributed by atoms with E-state index in [1.807, 2.05) is 36.2 Å². The summed E-state index contributed by atoms with van der Waals surface area (Å²) in [6.07, 6.45) is 0. The van der Waals surface area contributed by atoms with E-state index in [1.54, 1.807) is 13.2 Å². The van der Waals surface area contributed by atoms with Crippen LogP contribution in [0.1, 0.15) is 0 Å². The van der Waals surface area contributed by atoms with Gasteiger partial charge in [-0.3, -0.25) is 0 Å². The molecule has 7 heteroatoms. The molecule has 2 rings (SSSR count). The molecular formula is C12H16N6O. The fraction of sp³-hybridized carbons (Fsp3) is 0.167. The van der Waals surface area contributed by atoms with E-state index in [1.165, 1.54) is 0 Å². The maximum absolute atomic E-state index is 5.63. The number of ether oxygens (including phenoxy) is 1. The third-order valence-electron chi connectivity index (χ3n) is 2.68. The molecular weight excluding hydrogens is 244 g/mol. The zero-order valence-corrected chi connectivity index (χ0v) is 10.8. The molecule has 1 heterocycles. The number of rotatable bonds is 4. The number of nitrogens with zero attached hydrogens (tertiary/aromatic N) is 3. The standard InChI is InChI=1S/C12H16N6O/c1-18(8-3-5-9(19-2)6-4-8)11-7-10(17-14)15-12(13)16-11/h3-7H,14H2,1-2H3,(H3,13,15,16,17). The summed E-state index contributed by atoms with van der Waals surface area (Å²) in [6, 6.07) is 9.30. The summed E-state index contributed by atoms with van der Waals surface area (Å²) >= 11 is 0.